The summed E-state index contributed by atoms with van der Waals surface area (Å²) in [5.41, 5.74) is 5.08. The Morgan fingerprint density at radius 3 is 2.76 bits per heavy atom. The van der Waals surface area contributed by atoms with Crippen LogP contribution in [0.2, 0.25) is 0 Å². The summed E-state index contributed by atoms with van der Waals surface area (Å²) in [4.78, 5) is 18.4. The molecule has 5 nitrogen and oxygen atoms in total. The zero-order valence-electron chi connectivity index (χ0n) is 22.5. The number of benzene rings is 2. The molecular formula is C32H42N2O3. The summed E-state index contributed by atoms with van der Waals surface area (Å²) in [5, 5.41) is 10.5. The number of carbonyl (C=O) groups is 1. The van der Waals surface area contributed by atoms with Crippen LogP contribution in [0.25, 0.3) is 10.9 Å². The first-order chi connectivity index (χ1) is 18.0. The second kappa shape index (κ2) is 13.6. The minimum atomic E-state index is -0.675. The van der Waals surface area contributed by atoms with Crippen LogP contribution in [0.4, 0.5) is 0 Å². The Bertz CT molecular complexity index is 1160. The molecule has 4 rings (SSSR count). The van der Waals surface area contributed by atoms with Gasteiger partial charge in [-0.2, -0.15) is 0 Å². The second-order valence-electron chi connectivity index (χ2n) is 10.7. The molecule has 2 unspecified atom stereocenters. The molecule has 0 aliphatic carbocycles. The summed E-state index contributed by atoms with van der Waals surface area (Å²) in [6.07, 6.45) is 10.9. The lowest BCUT2D eigenvalue weighted by Crippen LogP contribution is -2.41. The van der Waals surface area contributed by atoms with Gasteiger partial charge in [-0.05, 0) is 119 Å². The number of unbranched alkanes of at least 4 members (excludes halogenated alkanes) is 1. The predicted octanol–water partition coefficient (Wildman–Crippen LogP) is 6.70. The van der Waals surface area contributed by atoms with Crippen LogP contribution in [-0.2, 0) is 17.6 Å². The third kappa shape index (κ3) is 8.03. The largest absolute Gasteiger partial charge is 0.497 e. The van der Waals surface area contributed by atoms with Gasteiger partial charge in [0.2, 0.25) is 0 Å². The van der Waals surface area contributed by atoms with Crippen LogP contribution < -0.4 is 4.74 Å². The van der Waals surface area contributed by atoms with Crippen molar-refractivity contribution < 1.29 is 14.6 Å². The van der Waals surface area contributed by atoms with Crippen LogP contribution >= 0.6 is 0 Å². The summed E-state index contributed by atoms with van der Waals surface area (Å²) in [7, 11) is 1.70. The molecule has 0 bridgehead atoms. The molecule has 198 valence electrons. The van der Waals surface area contributed by atoms with Gasteiger partial charge < -0.3 is 14.7 Å². The van der Waals surface area contributed by atoms with E-state index in [2.05, 4.69) is 53.2 Å². The van der Waals surface area contributed by atoms with Crippen molar-refractivity contribution in [1.29, 1.82) is 0 Å². The number of methoxy groups -OCH3 is 1. The van der Waals surface area contributed by atoms with E-state index < -0.39 is 5.97 Å². The number of carboxylic acid groups (broad SMARTS) is 1. The van der Waals surface area contributed by atoms with Crippen LogP contribution in [-0.4, -0.2) is 47.7 Å². The number of ether oxygens (including phenoxy) is 1. The molecule has 2 heterocycles. The van der Waals surface area contributed by atoms with E-state index in [4.69, 9.17) is 4.74 Å². The Labute approximate surface area is 221 Å². The van der Waals surface area contributed by atoms with Crippen molar-refractivity contribution in [2.45, 2.75) is 64.7 Å². The van der Waals surface area contributed by atoms with Gasteiger partial charge in [0.25, 0.3) is 0 Å². The summed E-state index contributed by atoms with van der Waals surface area (Å²) in [5.74, 6) is 1.26. The normalized spacial score (nSPS) is 18.2. The van der Waals surface area contributed by atoms with Gasteiger partial charge in [-0.3, -0.25) is 9.78 Å². The molecule has 5 heteroatoms. The number of rotatable bonds is 13. The zero-order chi connectivity index (χ0) is 26.0. The molecule has 0 saturated carbocycles. The Morgan fingerprint density at radius 1 is 1.05 bits per heavy atom. The molecule has 1 saturated heterocycles. The topological polar surface area (TPSA) is 62.7 Å². The van der Waals surface area contributed by atoms with Gasteiger partial charge in [-0.15, -0.1) is 0 Å². The lowest BCUT2D eigenvalue weighted by molar-refractivity contribution is -0.137. The van der Waals surface area contributed by atoms with Gasteiger partial charge in [0.05, 0.1) is 12.6 Å². The summed E-state index contributed by atoms with van der Waals surface area (Å²) >= 11 is 0. The van der Waals surface area contributed by atoms with Gasteiger partial charge >= 0.3 is 5.97 Å². The van der Waals surface area contributed by atoms with E-state index >= 15 is 0 Å². The van der Waals surface area contributed by atoms with Crippen molar-refractivity contribution in [2.75, 3.05) is 26.7 Å². The Morgan fingerprint density at radius 2 is 1.95 bits per heavy atom. The number of aliphatic carboxylic acids is 1. The highest BCUT2D eigenvalue weighted by Crippen LogP contribution is 2.32. The SMILES string of the molecule is COc1ccc2nccc(CCCC3CCN(CCCCc4cccc(C)c4)CC3CCC(=O)O)c2c1. The Balaban J connectivity index is 1.28. The number of piperidine rings is 1. The van der Waals surface area contributed by atoms with E-state index in [1.165, 1.54) is 41.3 Å². The van der Waals surface area contributed by atoms with Gasteiger partial charge in [0, 0.05) is 24.5 Å². The van der Waals surface area contributed by atoms with E-state index in [9.17, 15) is 9.90 Å². The second-order valence-corrected chi connectivity index (χ2v) is 10.7. The first kappa shape index (κ1) is 27.1. The monoisotopic (exact) mass is 502 g/mol. The van der Waals surface area contributed by atoms with Gasteiger partial charge in [-0.25, -0.2) is 0 Å². The van der Waals surface area contributed by atoms with E-state index in [1.807, 2.05) is 18.3 Å². The average Bonchev–Trinajstić information content (AvgIpc) is 2.90. The maximum absolute atomic E-state index is 11.3. The van der Waals surface area contributed by atoms with Crippen molar-refractivity contribution >= 4 is 16.9 Å². The zero-order valence-corrected chi connectivity index (χ0v) is 22.5. The third-order valence-corrected chi connectivity index (χ3v) is 8.04. The highest BCUT2D eigenvalue weighted by Gasteiger charge is 2.29. The number of carboxylic acids is 1. The molecule has 1 aliphatic heterocycles. The van der Waals surface area contributed by atoms with Crippen molar-refractivity contribution in [3.05, 3.63) is 71.4 Å². The van der Waals surface area contributed by atoms with Crippen molar-refractivity contribution in [2.24, 2.45) is 11.8 Å². The number of pyridine rings is 1. The fourth-order valence-corrected chi connectivity index (χ4v) is 5.99. The highest BCUT2D eigenvalue weighted by molar-refractivity contribution is 5.83. The average molecular weight is 503 g/mol. The number of fused-ring (bicyclic) bond motifs is 1. The molecule has 0 radical (unpaired) electrons. The van der Waals surface area contributed by atoms with Crippen LogP contribution in [0.1, 0.15) is 61.6 Å². The molecule has 0 amide bonds. The standard InChI is InChI=1S/C32H42N2O3/c1-24-7-5-9-25(21-24)8-3-4-19-34-20-17-26(28(23-34)12-15-32(35)36)10-6-11-27-16-18-33-31-14-13-29(37-2)22-30(27)31/h5,7,9,13-14,16,18,21-22,26,28H,3-4,6,8,10-12,15,17,19-20,23H2,1-2H3,(H,35,36). The molecule has 0 spiro atoms. The molecule has 3 aromatic rings. The molecule has 1 aliphatic rings. The summed E-state index contributed by atoms with van der Waals surface area (Å²) in [6.45, 7) is 5.44. The quantitative estimate of drug-likeness (QED) is 0.264. The number of nitrogens with zero attached hydrogens (tertiary/aromatic N) is 2. The fraction of sp³-hybridized carbons (Fsp3) is 0.500. The lowest BCUT2D eigenvalue weighted by Gasteiger charge is -2.39. The molecule has 2 aromatic carbocycles. The van der Waals surface area contributed by atoms with E-state index in [-0.39, 0.29) is 6.42 Å². The number of hydrogen-bond donors (Lipinski definition) is 1. The summed E-state index contributed by atoms with van der Waals surface area (Å²) in [6, 6.07) is 17.0. The van der Waals surface area contributed by atoms with E-state index in [0.29, 0.717) is 11.8 Å². The lowest BCUT2D eigenvalue weighted by atomic mass is 9.79. The molecule has 1 fully saturated rings. The smallest absolute Gasteiger partial charge is 0.303 e. The van der Waals surface area contributed by atoms with Crippen LogP contribution in [0.5, 0.6) is 5.75 Å². The van der Waals surface area contributed by atoms with Crippen LogP contribution in [0.15, 0.2) is 54.7 Å². The van der Waals surface area contributed by atoms with Crippen molar-refractivity contribution in [3.8, 4) is 5.75 Å². The number of hydrogen-bond acceptors (Lipinski definition) is 4. The van der Waals surface area contributed by atoms with E-state index in [0.717, 1.165) is 63.0 Å². The van der Waals surface area contributed by atoms with Crippen LogP contribution in [0, 0.1) is 18.8 Å². The minimum Gasteiger partial charge on any atom is -0.497 e. The fourth-order valence-electron chi connectivity index (χ4n) is 5.99. The maximum Gasteiger partial charge on any atom is 0.303 e. The number of aryl methyl sites for hydroxylation is 3. The highest BCUT2D eigenvalue weighted by atomic mass is 16.5. The molecule has 1 N–H and O–H groups in total. The van der Waals surface area contributed by atoms with Gasteiger partial charge in [-0.1, -0.05) is 29.8 Å². The first-order valence-corrected chi connectivity index (χ1v) is 13.9. The van der Waals surface area contributed by atoms with Crippen molar-refractivity contribution in [3.63, 3.8) is 0 Å². The van der Waals surface area contributed by atoms with Crippen LogP contribution in [0.3, 0.4) is 0 Å². The molecule has 1 aromatic heterocycles. The Kier molecular flexibility index (Phi) is 9.95. The van der Waals surface area contributed by atoms with E-state index in [1.54, 1.807) is 7.11 Å². The summed E-state index contributed by atoms with van der Waals surface area (Å²) < 4.78 is 5.43. The third-order valence-electron chi connectivity index (χ3n) is 8.04. The Hall–Kier alpha value is -2.92. The minimum absolute atomic E-state index is 0.275. The van der Waals surface area contributed by atoms with Gasteiger partial charge in [0.1, 0.15) is 5.75 Å². The van der Waals surface area contributed by atoms with Gasteiger partial charge in [0.15, 0.2) is 0 Å². The number of likely N-dealkylation sites (tertiary alicyclic amines) is 1. The number of aromatic nitrogens is 1. The maximum atomic E-state index is 11.3. The first-order valence-electron chi connectivity index (χ1n) is 13.9. The molecule has 2 atom stereocenters. The predicted molar refractivity (Wildman–Crippen MR) is 150 cm³/mol. The molecular weight excluding hydrogens is 460 g/mol. The molecule has 37 heavy (non-hydrogen) atoms. The van der Waals surface area contributed by atoms with Crippen molar-refractivity contribution in [1.82, 2.24) is 9.88 Å².